The summed E-state index contributed by atoms with van der Waals surface area (Å²) in [6.45, 7) is 15.1. The highest BCUT2D eigenvalue weighted by atomic mass is 35.5. The number of aliphatic imine (C=N–C) groups is 1. The van der Waals surface area contributed by atoms with Gasteiger partial charge in [-0.1, -0.05) is 147 Å². The number of imidazole rings is 1. The van der Waals surface area contributed by atoms with Crippen molar-refractivity contribution in [3.8, 4) is 28.7 Å². The largest absolute Gasteiger partial charge is 0.508 e. The minimum Gasteiger partial charge on any atom is -0.508 e. The number of Topliss-reactive ketones (excluding diaryl/α,β-unsaturated/α-hetero) is 1. The van der Waals surface area contributed by atoms with Gasteiger partial charge in [0, 0.05) is 94.7 Å². The Kier molecular flexibility index (Phi) is 38.3. The highest BCUT2D eigenvalue weighted by molar-refractivity contribution is 7.90. The average Bonchev–Trinajstić information content (AvgIpc) is 1.74. The fraction of sp³-hybridized carbons (Fsp3) is 0.327. The van der Waals surface area contributed by atoms with E-state index in [-0.39, 0.29) is 104 Å². The van der Waals surface area contributed by atoms with Crippen molar-refractivity contribution in [1.29, 1.82) is 0 Å². The number of para-hydroxylation sites is 1. The van der Waals surface area contributed by atoms with Crippen molar-refractivity contribution in [2.24, 2.45) is 33.6 Å². The number of aliphatic hydroxyl groups is 5. The summed E-state index contributed by atoms with van der Waals surface area (Å²) >= 11 is 24.0. The van der Waals surface area contributed by atoms with E-state index in [1.54, 1.807) is 154 Å². The number of nitrogens with zero attached hydrogens (tertiary/aromatic N) is 4. The molecular formula is C104H115Cl4FN10O21S. The van der Waals surface area contributed by atoms with Gasteiger partial charge in [-0.15, -0.1) is 0 Å². The number of carboxylic acid groups (broad SMARTS) is 1. The lowest BCUT2D eigenvalue weighted by atomic mass is 9.47. The first kappa shape index (κ1) is 110. The van der Waals surface area contributed by atoms with Crippen LogP contribution in [-0.2, 0) is 60.9 Å². The second-order valence-corrected chi connectivity index (χ2v) is 38.8. The second kappa shape index (κ2) is 49.0. The maximum Gasteiger partial charge on any atom is 0.336 e. The number of ketones is 2. The number of halogens is 5. The van der Waals surface area contributed by atoms with E-state index in [9.17, 15) is 81.8 Å². The van der Waals surface area contributed by atoms with Gasteiger partial charge >= 0.3 is 23.7 Å². The van der Waals surface area contributed by atoms with Crippen LogP contribution in [0, 0.1) is 34.4 Å². The Bertz CT molecular complexity index is 6540. The zero-order chi connectivity index (χ0) is 103. The first-order chi connectivity index (χ1) is 66.7. The summed E-state index contributed by atoms with van der Waals surface area (Å²) in [5.74, 6) is 0.935. The Balaban J connectivity index is 0.000000168. The number of unbranched alkanes of at least 4 members (excludes halogenated alkanes) is 1. The highest BCUT2D eigenvalue weighted by Crippen LogP contribution is 2.65. The van der Waals surface area contributed by atoms with Crippen molar-refractivity contribution in [3.63, 3.8) is 0 Å². The third kappa shape index (κ3) is 28.5. The molecule has 2 aromatic heterocycles. The van der Waals surface area contributed by atoms with E-state index in [4.69, 9.17) is 71.2 Å². The number of nitrogens with one attached hydrogen (secondary N) is 6. The van der Waals surface area contributed by atoms with Crippen LogP contribution < -0.4 is 36.9 Å². The standard InChI is InChI=1S/C19H28O3.C18H13ClFN3O.C14H11Cl2NO3.C12H16ClNO2.C12H18N2O4S.C12H14N2O3.C9H6O3.C8H9NO2/c1-18-7-5-11(20)9-15(18)16(21)10-12-13-3-4-17(22)19(13,2)8-6-14(12)18;19-11-5-6-16-14(7-11)18(13-3-1-2-4-15(13)20)22-9-12-8-21-17(10-24)23(12)16;15-10-6-9(18)7-11(16)14(10)17-12-4-2-1-3-8(12)5-13(19)20;1-8(14-12(2,3)16)11(15)9-5-4-6-10(13)7-9;1-2-3-8-13-12(16)14-19(17,18)11-6-4-10(9-15)5-7-11;1-3-12(8-4-6-9(15)7-5-8)10(16)14(2)11(17)13-12;10-7-3-1-6-2-4-9(11)12-8(6)5-7;1-6(10)9-7-2-4-8(11)5-3-7/h9,12-14,16-17,21-22H,3-8,10H2,1-2H3;1-8,24H,9-10H2;1-4,6-7,17-18H,5H2,(H,19,20);4-8,14,16H,1-3H3;4-7,15H,2-3,8-9H2,1H3,(H2,13,14,16);4-7,15H,3H2,1-2H3,(H,13,17);1-5,10H;2-5,11H,1H3,(H,9,10)/t12?,13?,14?,16?,17-,18+,19-;;;;;12-;;/m0....0../s1. The summed E-state index contributed by atoms with van der Waals surface area (Å²) in [5.41, 5.74) is 6.38. The zero-order valence-electron chi connectivity index (χ0n) is 78.9. The molecule has 0 radical (unpaired) electrons. The van der Waals surface area contributed by atoms with Crippen molar-refractivity contribution in [1.82, 2.24) is 35.1 Å². The molecule has 11 aromatic rings. The summed E-state index contributed by atoms with van der Waals surface area (Å²) in [7, 11) is -2.41. The third-order valence-electron chi connectivity index (χ3n) is 25.1. The molecule has 6 amide bonds. The number of fused-ring (bicyclic) bond motifs is 9. The van der Waals surface area contributed by atoms with Crippen LogP contribution in [0.2, 0.25) is 20.1 Å². The van der Waals surface area contributed by atoms with Crippen LogP contribution in [-0.4, -0.2) is 159 Å². The van der Waals surface area contributed by atoms with E-state index in [0.29, 0.717) is 121 Å². The maximum atomic E-state index is 14.3. The lowest BCUT2D eigenvalue weighted by Gasteiger charge is -2.58. The van der Waals surface area contributed by atoms with Gasteiger partial charge in [-0.05, 0) is 244 Å². The number of amides is 6. The summed E-state index contributed by atoms with van der Waals surface area (Å²) in [6.07, 6.45) is 11.4. The number of rotatable bonds is 19. The lowest BCUT2D eigenvalue weighted by Crippen LogP contribution is -2.54. The van der Waals surface area contributed by atoms with Crippen molar-refractivity contribution in [2.75, 3.05) is 24.2 Å². The minimum absolute atomic E-state index is 0.00881. The number of aromatic nitrogens is 2. The van der Waals surface area contributed by atoms with E-state index < -0.39 is 57.1 Å². The van der Waals surface area contributed by atoms with Gasteiger partial charge < -0.3 is 76.7 Å². The van der Waals surface area contributed by atoms with Gasteiger partial charge in [0.25, 0.3) is 15.9 Å². The molecule has 9 atom stereocenters. The number of likely N-dealkylation sites (N-methyl/N-ethyl adjacent to an activating group) is 1. The minimum atomic E-state index is -3.87. The number of carbonyl (C=O) groups excluding carboxylic acids is 6. The van der Waals surface area contributed by atoms with E-state index in [0.717, 1.165) is 78.6 Å². The number of phenolic OH excluding ortho intramolecular Hbond substituents is 4. The van der Waals surface area contributed by atoms with Crippen LogP contribution in [0.3, 0.4) is 0 Å². The summed E-state index contributed by atoms with van der Waals surface area (Å²) in [5, 5.41) is 111. The topological polar surface area (TPSA) is 492 Å². The molecule has 17 rings (SSSR count). The molecule has 2 aliphatic heterocycles. The van der Waals surface area contributed by atoms with Gasteiger partial charge in [0.05, 0.1) is 81.7 Å². The molecule has 748 valence electrons. The first-order valence-corrected chi connectivity index (χ1v) is 48.4. The van der Waals surface area contributed by atoms with Crippen LogP contribution >= 0.6 is 46.4 Å². The normalized spacial score (nSPS) is 19.7. The van der Waals surface area contributed by atoms with Gasteiger partial charge in [0.1, 0.15) is 58.1 Å². The second-order valence-electron chi connectivity index (χ2n) is 35.5. The molecule has 4 heterocycles. The number of aliphatic carboxylic acids is 1. The number of carboxylic acids is 1. The Morgan fingerprint density at radius 1 is 0.716 bits per heavy atom. The first-order valence-electron chi connectivity index (χ1n) is 45.4. The Morgan fingerprint density at radius 3 is 1.98 bits per heavy atom. The third-order valence-corrected chi connectivity index (χ3v) is 27.5. The smallest absolute Gasteiger partial charge is 0.336 e. The Labute approximate surface area is 835 Å². The van der Waals surface area contributed by atoms with Crippen molar-refractivity contribution >= 4 is 132 Å². The van der Waals surface area contributed by atoms with Gasteiger partial charge in [-0.25, -0.2) is 36.9 Å². The molecule has 16 N–H and O–H groups in total. The SMILES string of the molecule is CC(=O)Nc1ccc(O)cc1.CC(NC(C)(C)O)C(=O)c1cccc(Cl)c1.CCCCNC(=O)NS(=O)(=O)c1ccc(CO)cc1.CC[C@@]1(c2ccc(O)cc2)NC(=O)N(C)C1=O.C[C@]12CCC(=O)C=C1C(O)CC1C2CC[C@@]2(C)C1CC[C@@H]2O.O=C(O)Cc1ccccc1Nc1c(Cl)cc(O)cc1Cl.O=c1ccc2ccc(O)cc2o1.OCc1ncc2n1-c1ccc(Cl)cc1C(c1ccccc1F)=NC2. The fourth-order valence-corrected chi connectivity index (χ4v) is 19.9. The number of urea groups is 2. The molecule has 4 aliphatic carbocycles. The van der Waals surface area contributed by atoms with Gasteiger partial charge in [-0.2, -0.15) is 0 Å². The molecule has 4 fully saturated rings. The number of hydrogen-bond acceptors (Lipinski definition) is 24. The molecule has 31 nitrogen and oxygen atoms in total. The van der Waals surface area contributed by atoms with Gasteiger partial charge in [-0.3, -0.25) is 43.7 Å². The molecule has 3 saturated carbocycles. The fourth-order valence-electron chi connectivity index (χ4n) is 18.1. The van der Waals surface area contributed by atoms with E-state index in [2.05, 4.69) is 50.4 Å². The molecule has 6 aliphatic rings. The number of phenols is 4. The van der Waals surface area contributed by atoms with E-state index >= 15 is 0 Å². The monoisotopic (exact) mass is 2030 g/mol. The number of sulfonamides is 1. The Morgan fingerprint density at radius 2 is 1.36 bits per heavy atom. The number of carbonyl (C=O) groups is 7. The van der Waals surface area contributed by atoms with E-state index in [1.165, 1.54) is 92.8 Å². The maximum absolute atomic E-state index is 14.3. The van der Waals surface area contributed by atoms with Crippen LogP contribution in [0.4, 0.5) is 31.0 Å². The zero-order valence-corrected chi connectivity index (χ0v) is 82.7. The number of aliphatic hydroxyl groups excluding tert-OH is 4. The van der Waals surface area contributed by atoms with Crippen LogP contribution in [0.15, 0.2) is 243 Å². The summed E-state index contributed by atoms with van der Waals surface area (Å²) < 4.78 is 46.6. The number of aromatic hydroxyl groups is 4. The van der Waals surface area contributed by atoms with Crippen molar-refractivity contribution in [2.45, 2.75) is 180 Å². The number of anilines is 3. The quantitative estimate of drug-likeness (QED) is 0.00893. The van der Waals surface area contributed by atoms with Crippen molar-refractivity contribution in [3.05, 3.63) is 305 Å². The predicted molar refractivity (Wildman–Crippen MR) is 537 cm³/mol. The van der Waals surface area contributed by atoms with Gasteiger partial charge in [0.2, 0.25) is 5.91 Å². The average molecular weight is 2030 g/mol. The molecule has 0 bridgehead atoms. The summed E-state index contributed by atoms with van der Waals surface area (Å²) in [4.78, 5) is 101. The number of hydrogen-bond donors (Lipinski definition) is 16. The number of benzene rings is 9. The van der Waals surface area contributed by atoms with Crippen LogP contribution in [0.1, 0.15) is 169 Å². The molecule has 141 heavy (non-hydrogen) atoms. The summed E-state index contributed by atoms with van der Waals surface area (Å²) in [6, 6.07) is 52.7. The van der Waals surface area contributed by atoms with Crippen molar-refractivity contribution < 1.29 is 102 Å². The molecule has 1 saturated heterocycles. The lowest BCUT2D eigenvalue weighted by molar-refractivity contribution is -0.136. The number of imide groups is 1. The van der Waals surface area contributed by atoms with E-state index in [1.807, 2.05) is 29.2 Å². The molecule has 37 heteroatoms. The van der Waals surface area contributed by atoms with Crippen LogP contribution in [0.25, 0.3) is 16.7 Å². The molecule has 9 aromatic carbocycles. The van der Waals surface area contributed by atoms with Crippen LogP contribution in [0.5, 0.6) is 23.0 Å². The predicted octanol–water partition coefficient (Wildman–Crippen LogP) is 17.7. The highest BCUT2D eigenvalue weighted by Gasteiger charge is 2.60. The molecular weight excluding hydrogens is 1920 g/mol. The van der Waals surface area contributed by atoms with Gasteiger partial charge in [0.15, 0.2) is 11.6 Å². The molecule has 0 spiro atoms. The Hall–Kier alpha value is -12.9. The molecule has 5 unspecified atom stereocenters.